The fourth-order valence-corrected chi connectivity index (χ4v) is 2.55. The Morgan fingerprint density at radius 3 is 2.62 bits per heavy atom. The molecule has 2 heterocycles. The molecule has 0 spiro atoms. The number of benzene rings is 1. The van der Waals surface area contributed by atoms with Crippen LogP contribution in [0.2, 0.25) is 0 Å². The number of pyridine rings is 1. The maximum atomic E-state index is 13.0. The summed E-state index contributed by atoms with van der Waals surface area (Å²) in [6, 6.07) is 11.6. The summed E-state index contributed by atoms with van der Waals surface area (Å²) in [5.41, 5.74) is 0.697. The van der Waals surface area contributed by atoms with Crippen LogP contribution in [0.25, 0.3) is 11.3 Å². The van der Waals surface area contributed by atoms with E-state index in [0.29, 0.717) is 11.4 Å². The van der Waals surface area contributed by atoms with Crippen LogP contribution in [-0.2, 0) is 6.54 Å². The summed E-state index contributed by atoms with van der Waals surface area (Å²) in [4.78, 5) is 20.7. The molecule has 26 heavy (non-hydrogen) atoms. The Bertz CT molecular complexity index is 915. The zero-order valence-electron chi connectivity index (χ0n) is 13.8. The molecule has 9 heteroatoms. The molecule has 0 unspecified atom stereocenters. The number of nitro groups is 1. The van der Waals surface area contributed by atoms with Crippen molar-refractivity contribution in [2.24, 2.45) is 0 Å². The molecule has 0 N–H and O–H groups in total. The number of nitrogens with zero attached hydrogens (tertiary/aromatic N) is 5. The Morgan fingerprint density at radius 1 is 1.23 bits per heavy atom. The van der Waals surface area contributed by atoms with Gasteiger partial charge in [0.25, 0.3) is 5.69 Å². The van der Waals surface area contributed by atoms with Gasteiger partial charge in [0.15, 0.2) is 5.69 Å². The molecule has 0 fully saturated rings. The third-order valence-electron chi connectivity index (χ3n) is 3.83. The summed E-state index contributed by atoms with van der Waals surface area (Å²) >= 11 is 0. The van der Waals surface area contributed by atoms with E-state index in [4.69, 9.17) is 0 Å². The highest BCUT2D eigenvalue weighted by atomic mass is 19.3. The Morgan fingerprint density at radius 2 is 1.96 bits per heavy atom. The molecule has 134 valence electrons. The van der Waals surface area contributed by atoms with Crippen LogP contribution >= 0.6 is 0 Å². The van der Waals surface area contributed by atoms with Gasteiger partial charge in [0, 0.05) is 31.1 Å². The van der Waals surface area contributed by atoms with Crippen molar-refractivity contribution in [2.45, 2.75) is 13.1 Å². The number of hydrogen-bond acceptors (Lipinski definition) is 5. The van der Waals surface area contributed by atoms with Crippen LogP contribution in [0.4, 0.5) is 20.3 Å². The van der Waals surface area contributed by atoms with E-state index in [2.05, 4.69) is 9.97 Å². The molecule has 0 atom stereocenters. The Hall–Kier alpha value is -3.36. The largest absolute Gasteiger partial charge is 0.352 e. The summed E-state index contributed by atoms with van der Waals surface area (Å²) in [6.07, 6.45) is 2.50. The van der Waals surface area contributed by atoms with Gasteiger partial charge in [-0.05, 0) is 6.07 Å². The van der Waals surface area contributed by atoms with Gasteiger partial charge in [0.2, 0.25) is 0 Å². The fourth-order valence-electron chi connectivity index (χ4n) is 2.55. The average Bonchev–Trinajstić information content (AvgIpc) is 3.10. The van der Waals surface area contributed by atoms with Gasteiger partial charge in [-0.15, -0.1) is 0 Å². The van der Waals surface area contributed by atoms with E-state index in [1.807, 2.05) is 0 Å². The predicted octanol–water partition coefficient (Wildman–Crippen LogP) is 3.88. The maximum absolute atomic E-state index is 13.0. The summed E-state index contributed by atoms with van der Waals surface area (Å²) < 4.78 is 26.7. The second-order valence-corrected chi connectivity index (χ2v) is 5.54. The van der Waals surface area contributed by atoms with Crippen LogP contribution in [0.15, 0.2) is 54.9 Å². The molecular weight excluding hydrogens is 344 g/mol. The van der Waals surface area contributed by atoms with Gasteiger partial charge in [-0.3, -0.25) is 14.7 Å². The molecular formula is C17H15F2N5O2. The van der Waals surface area contributed by atoms with Crippen molar-refractivity contribution in [2.75, 3.05) is 11.9 Å². The average molecular weight is 359 g/mol. The minimum absolute atomic E-state index is 0.0797. The first-order valence-corrected chi connectivity index (χ1v) is 7.69. The van der Waals surface area contributed by atoms with Gasteiger partial charge in [0.05, 0.1) is 11.5 Å². The third-order valence-corrected chi connectivity index (χ3v) is 3.83. The number of alkyl halides is 2. The molecule has 0 saturated heterocycles. The Kier molecular flexibility index (Phi) is 4.87. The van der Waals surface area contributed by atoms with Crippen LogP contribution in [0.1, 0.15) is 12.4 Å². The normalized spacial score (nSPS) is 10.9. The van der Waals surface area contributed by atoms with E-state index in [-0.39, 0.29) is 23.8 Å². The lowest BCUT2D eigenvalue weighted by Crippen LogP contribution is -2.21. The summed E-state index contributed by atoms with van der Waals surface area (Å²) in [5.74, 6) is 0.585. The van der Waals surface area contributed by atoms with Gasteiger partial charge in [-0.25, -0.2) is 9.97 Å². The zero-order chi connectivity index (χ0) is 18.7. The summed E-state index contributed by atoms with van der Waals surface area (Å²) in [5, 5.41) is 11.3. The smallest absolute Gasteiger partial charge is 0.319 e. The van der Waals surface area contributed by atoms with E-state index >= 15 is 0 Å². The molecule has 0 aliphatic heterocycles. The standard InChI is InChI=1S/C17H15F2N5O2/c1-22(11-15-20-9-10-23(15)17(18)19)14-8-7-13(24(25)26)16(21-14)12-5-3-2-4-6-12/h2-10,17H,11H2,1H3. The first kappa shape index (κ1) is 17.5. The van der Waals surface area contributed by atoms with Gasteiger partial charge >= 0.3 is 6.55 Å². The molecule has 0 bridgehead atoms. The highest BCUT2D eigenvalue weighted by Gasteiger charge is 2.20. The van der Waals surface area contributed by atoms with Crippen molar-refractivity contribution >= 4 is 11.5 Å². The second-order valence-electron chi connectivity index (χ2n) is 5.54. The van der Waals surface area contributed by atoms with E-state index in [9.17, 15) is 18.9 Å². The van der Waals surface area contributed by atoms with Gasteiger partial charge in [-0.2, -0.15) is 8.78 Å². The minimum atomic E-state index is -2.69. The van der Waals surface area contributed by atoms with E-state index in [1.165, 1.54) is 24.5 Å². The van der Waals surface area contributed by atoms with Crippen molar-refractivity contribution in [1.82, 2.24) is 14.5 Å². The maximum Gasteiger partial charge on any atom is 0.319 e. The fraction of sp³-hybridized carbons (Fsp3) is 0.176. The molecule has 2 aromatic heterocycles. The second kappa shape index (κ2) is 7.26. The van der Waals surface area contributed by atoms with Gasteiger partial charge in [-0.1, -0.05) is 30.3 Å². The monoisotopic (exact) mass is 359 g/mol. The number of aromatic nitrogens is 3. The van der Waals surface area contributed by atoms with Crippen LogP contribution in [0.3, 0.4) is 0 Å². The lowest BCUT2D eigenvalue weighted by molar-refractivity contribution is -0.384. The number of halogens is 2. The van der Waals surface area contributed by atoms with Crippen LogP contribution in [0.5, 0.6) is 0 Å². The number of rotatable bonds is 6. The van der Waals surface area contributed by atoms with Crippen molar-refractivity contribution in [3.63, 3.8) is 0 Å². The summed E-state index contributed by atoms with van der Waals surface area (Å²) in [7, 11) is 1.66. The summed E-state index contributed by atoms with van der Waals surface area (Å²) in [6.45, 7) is -2.61. The van der Waals surface area contributed by atoms with Gasteiger partial charge < -0.3 is 4.90 Å². The molecule has 0 aliphatic rings. The van der Waals surface area contributed by atoms with E-state index in [1.54, 1.807) is 42.3 Å². The highest BCUT2D eigenvalue weighted by molar-refractivity contribution is 5.71. The third kappa shape index (κ3) is 3.51. The predicted molar refractivity (Wildman–Crippen MR) is 91.9 cm³/mol. The van der Waals surface area contributed by atoms with Crippen molar-refractivity contribution in [1.29, 1.82) is 0 Å². The van der Waals surface area contributed by atoms with Crippen LogP contribution in [0, 0.1) is 10.1 Å². The molecule has 0 saturated carbocycles. The van der Waals surface area contributed by atoms with Crippen molar-refractivity contribution in [3.8, 4) is 11.3 Å². The van der Waals surface area contributed by atoms with Crippen molar-refractivity contribution in [3.05, 3.63) is 70.8 Å². The number of hydrogen-bond donors (Lipinski definition) is 0. The molecule has 3 rings (SSSR count). The minimum Gasteiger partial charge on any atom is -0.352 e. The van der Waals surface area contributed by atoms with Crippen LogP contribution in [-0.4, -0.2) is 26.5 Å². The number of imidazole rings is 1. The van der Waals surface area contributed by atoms with E-state index in [0.717, 1.165) is 4.57 Å². The Balaban J connectivity index is 1.95. The first-order chi connectivity index (χ1) is 12.5. The molecule has 3 aromatic rings. The zero-order valence-corrected chi connectivity index (χ0v) is 13.8. The first-order valence-electron chi connectivity index (χ1n) is 7.69. The molecule has 0 amide bonds. The highest BCUT2D eigenvalue weighted by Crippen LogP contribution is 2.30. The SMILES string of the molecule is CN(Cc1nccn1C(F)F)c1ccc([N+](=O)[O-])c(-c2ccccc2)n1. The van der Waals surface area contributed by atoms with Crippen LogP contribution < -0.4 is 4.90 Å². The molecule has 0 aliphatic carbocycles. The lowest BCUT2D eigenvalue weighted by atomic mass is 10.1. The number of anilines is 1. The van der Waals surface area contributed by atoms with E-state index < -0.39 is 11.5 Å². The molecule has 7 nitrogen and oxygen atoms in total. The van der Waals surface area contributed by atoms with Gasteiger partial charge in [0.1, 0.15) is 11.6 Å². The topological polar surface area (TPSA) is 77.1 Å². The lowest BCUT2D eigenvalue weighted by Gasteiger charge is -2.19. The van der Waals surface area contributed by atoms with Crippen molar-refractivity contribution < 1.29 is 13.7 Å². The molecule has 1 aromatic carbocycles. The molecule has 0 radical (unpaired) electrons. The quantitative estimate of drug-likeness (QED) is 0.493. The Labute approximate surface area is 147 Å².